The number of rotatable bonds is 11. The molecular weight excluding hydrogens is 390 g/mol. The number of carbonyl (C=O) groups excluding carboxylic acids is 1. The molecule has 1 atom stereocenters. The molecule has 0 unspecified atom stereocenters. The molecule has 0 bridgehead atoms. The fourth-order valence-corrected chi connectivity index (χ4v) is 4.98. The Kier molecular flexibility index (Phi) is 9.39. The predicted octanol–water partition coefficient (Wildman–Crippen LogP) is 2.71. The first kappa shape index (κ1) is 23.6. The zero-order chi connectivity index (χ0) is 21.3. The Bertz CT molecular complexity index is 744. The first-order valence-electron chi connectivity index (χ1n) is 10.6. The monoisotopic (exact) mass is 425 g/mol. The average molecular weight is 426 g/mol. The van der Waals surface area contributed by atoms with Gasteiger partial charge >= 0.3 is 0 Å². The van der Waals surface area contributed by atoms with Gasteiger partial charge in [0.1, 0.15) is 0 Å². The van der Waals surface area contributed by atoms with E-state index in [4.69, 9.17) is 4.74 Å². The summed E-state index contributed by atoms with van der Waals surface area (Å²) in [6, 6.07) is 6.91. The normalized spacial score (nSPS) is 16.6. The minimum absolute atomic E-state index is 0.0556. The van der Waals surface area contributed by atoms with E-state index in [2.05, 4.69) is 28.8 Å². The van der Waals surface area contributed by atoms with Crippen LogP contribution in [0.25, 0.3) is 0 Å². The van der Waals surface area contributed by atoms with Crippen molar-refractivity contribution < 1.29 is 17.9 Å². The van der Waals surface area contributed by atoms with Crippen LogP contribution in [0.2, 0.25) is 0 Å². The first-order valence-corrected chi connectivity index (χ1v) is 12.3. The number of amides is 1. The molecule has 0 saturated carbocycles. The van der Waals surface area contributed by atoms with Crippen LogP contribution in [-0.2, 0) is 14.8 Å². The Morgan fingerprint density at radius 3 is 2.48 bits per heavy atom. The third-order valence-corrected chi connectivity index (χ3v) is 6.94. The largest absolute Gasteiger partial charge is 0.379 e. The van der Waals surface area contributed by atoms with Crippen molar-refractivity contribution in [1.82, 2.24) is 10.2 Å². The molecule has 0 spiro atoms. The number of hydrogen-bond acceptors (Lipinski definition) is 5. The molecule has 2 N–H and O–H groups in total. The lowest BCUT2D eigenvalue weighted by molar-refractivity contribution is 0.00191. The molecule has 1 aliphatic heterocycles. The van der Waals surface area contributed by atoms with Crippen molar-refractivity contribution in [3.63, 3.8) is 0 Å². The summed E-state index contributed by atoms with van der Waals surface area (Å²) in [6.45, 7) is 9.97. The molecular formula is C21H35N3O4S. The highest BCUT2D eigenvalue weighted by Crippen LogP contribution is 2.20. The van der Waals surface area contributed by atoms with Gasteiger partial charge in [-0.1, -0.05) is 39.7 Å². The summed E-state index contributed by atoms with van der Waals surface area (Å²) in [7, 11) is -3.39. The number of benzene rings is 1. The lowest BCUT2D eigenvalue weighted by Gasteiger charge is -2.38. The summed E-state index contributed by atoms with van der Waals surface area (Å²) in [6.07, 6.45) is 2.65. The van der Waals surface area contributed by atoms with Crippen LogP contribution < -0.4 is 10.0 Å². The topological polar surface area (TPSA) is 87.7 Å². The summed E-state index contributed by atoms with van der Waals surface area (Å²) in [5, 5.41) is 3.06. The number of anilines is 1. The van der Waals surface area contributed by atoms with Gasteiger partial charge in [0.2, 0.25) is 10.0 Å². The molecule has 164 valence electrons. The van der Waals surface area contributed by atoms with Crippen LogP contribution in [0.15, 0.2) is 24.3 Å². The van der Waals surface area contributed by atoms with Gasteiger partial charge in [0, 0.05) is 36.9 Å². The highest BCUT2D eigenvalue weighted by atomic mass is 32.2. The van der Waals surface area contributed by atoms with Gasteiger partial charge in [-0.15, -0.1) is 0 Å². The summed E-state index contributed by atoms with van der Waals surface area (Å²) in [4.78, 5) is 15.2. The van der Waals surface area contributed by atoms with E-state index >= 15 is 0 Å². The zero-order valence-corrected chi connectivity index (χ0v) is 18.6. The van der Waals surface area contributed by atoms with Gasteiger partial charge in [0.25, 0.3) is 5.91 Å². The Labute approximate surface area is 175 Å². The number of sulfonamides is 1. The Morgan fingerprint density at radius 1 is 1.17 bits per heavy atom. The number of nitrogens with zero attached hydrogens (tertiary/aromatic N) is 1. The fourth-order valence-electron chi connectivity index (χ4n) is 3.86. The second-order valence-electron chi connectivity index (χ2n) is 7.50. The first-order chi connectivity index (χ1) is 13.9. The maximum Gasteiger partial charge on any atom is 0.251 e. The average Bonchev–Trinajstić information content (AvgIpc) is 2.71. The van der Waals surface area contributed by atoms with E-state index in [9.17, 15) is 13.2 Å². The number of morpholine rings is 1. The number of carbonyl (C=O) groups is 1. The van der Waals surface area contributed by atoms with Crippen LogP contribution in [0, 0.1) is 5.92 Å². The highest BCUT2D eigenvalue weighted by Gasteiger charge is 2.27. The lowest BCUT2D eigenvalue weighted by Crippen LogP contribution is -2.52. The van der Waals surface area contributed by atoms with Gasteiger partial charge in [-0.25, -0.2) is 8.42 Å². The van der Waals surface area contributed by atoms with Crippen molar-refractivity contribution in [2.24, 2.45) is 5.92 Å². The standard InChI is InChI=1S/C21H35N3O4S/c1-4-14-29(26,27)23-19-9-7-8-18(15-19)21(25)22-16-20(17(5-2)6-3)24-10-12-28-13-11-24/h7-9,15,17,20,23H,4-6,10-14,16H2,1-3H3,(H,22,25)/t20-/m1/s1. The van der Waals surface area contributed by atoms with Crippen LogP contribution >= 0.6 is 0 Å². The summed E-state index contributed by atoms with van der Waals surface area (Å²) >= 11 is 0. The molecule has 0 aromatic heterocycles. The molecule has 1 amide bonds. The van der Waals surface area contributed by atoms with Crippen molar-refractivity contribution in [3.8, 4) is 0 Å². The van der Waals surface area contributed by atoms with Gasteiger partial charge < -0.3 is 10.1 Å². The highest BCUT2D eigenvalue weighted by molar-refractivity contribution is 7.92. The van der Waals surface area contributed by atoms with Crippen LogP contribution in [0.1, 0.15) is 50.4 Å². The third kappa shape index (κ3) is 7.28. The number of ether oxygens (including phenoxy) is 1. The molecule has 0 aliphatic carbocycles. The Hall–Kier alpha value is -1.64. The molecule has 1 saturated heterocycles. The molecule has 1 aromatic carbocycles. The SMILES string of the molecule is CCCS(=O)(=O)Nc1cccc(C(=O)NC[C@H](C(CC)CC)N2CCOCC2)c1. The molecule has 1 aliphatic rings. The van der Waals surface area contributed by atoms with E-state index < -0.39 is 10.0 Å². The summed E-state index contributed by atoms with van der Waals surface area (Å²) in [5.41, 5.74) is 0.864. The van der Waals surface area contributed by atoms with Gasteiger partial charge in [-0.05, 0) is 30.5 Å². The minimum Gasteiger partial charge on any atom is -0.379 e. The van der Waals surface area contributed by atoms with E-state index in [0.29, 0.717) is 30.1 Å². The number of hydrogen-bond donors (Lipinski definition) is 2. The van der Waals surface area contributed by atoms with E-state index in [-0.39, 0.29) is 17.7 Å². The number of nitrogens with one attached hydrogen (secondary N) is 2. The van der Waals surface area contributed by atoms with Crippen molar-refractivity contribution in [2.75, 3.05) is 43.3 Å². The minimum atomic E-state index is -3.39. The van der Waals surface area contributed by atoms with Crippen LogP contribution in [0.3, 0.4) is 0 Å². The van der Waals surface area contributed by atoms with Crippen molar-refractivity contribution in [1.29, 1.82) is 0 Å². The molecule has 2 rings (SSSR count). The van der Waals surface area contributed by atoms with Gasteiger partial charge in [-0.3, -0.25) is 14.4 Å². The Morgan fingerprint density at radius 2 is 1.86 bits per heavy atom. The predicted molar refractivity (Wildman–Crippen MR) is 117 cm³/mol. The summed E-state index contributed by atoms with van der Waals surface area (Å²) < 4.78 is 32.0. The quantitative estimate of drug-likeness (QED) is 0.569. The second kappa shape index (κ2) is 11.5. The van der Waals surface area contributed by atoms with Gasteiger partial charge in [-0.2, -0.15) is 0 Å². The molecule has 7 nitrogen and oxygen atoms in total. The van der Waals surface area contributed by atoms with Crippen molar-refractivity contribution in [3.05, 3.63) is 29.8 Å². The molecule has 0 radical (unpaired) electrons. The van der Waals surface area contributed by atoms with Crippen LogP contribution in [-0.4, -0.2) is 63.9 Å². The fraction of sp³-hybridized carbons (Fsp3) is 0.667. The Balaban J connectivity index is 2.04. The smallest absolute Gasteiger partial charge is 0.251 e. The van der Waals surface area contributed by atoms with E-state index in [0.717, 1.165) is 39.1 Å². The van der Waals surface area contributed by atoms with Crippen LogP contribution in [0.5, 0.6) is 0 Å². The summed E-state index contributed by atoms with van der Waals surface area (Å²) in [5.74, 6) is 0.367. The van der Waals surface area contributed by atoms with Crippen molar-refractivity contribution >= 4 is 21.6 Å². The van der Waals surface area contributed by atoms with Gasteiger partial charge in [0.15, 0.2) is 0 Å². The van der Waals surface area contributed by atoms with E-state index in [1.807, 2.05) is 6.92 Å². The van der Waals surface area contributed by atoms with Crippen molar-refractivity contribution in [2.45, 2.75) is 46.1 Å². The molecule has 1 aromatic rings. The van der Waals surface area contributed by atoms with E-state index in [1.165, 1.54) is 0 Å². The zero-order valence-electron chi connectivity index (χ0n) is 17.8. The maximum absolute atomic E-state index is 12.7. The second-order valence-corrected chi connectivity index (χ2v) is 9.35. The molecule has 8 heteroatoms. The van der Waals surface area contributed by atoms with Crippen LogP contribution in [0.4, 0.5) is 5.69 Å². The molecule has 29 heavy (non-hydrogen) atoms. The maximum atomic E-state index is 12.7. The molecule has 1 heterocycles. The molecule has 1 fully saturated rings. The van der Waals surface area contributed by atoms with E-state index in [1.54, 1.807) is 24.3 Å². The lowest BCUT2D eigenvalue weighted by atomic mass is 9.92. The van der Waals surface area contributed by atoms with Gasteiger partial charge in [0.05, 0.1) is 19.0 Å². The third-order valence-electron chi connectivity index (χ3n) is 5.45.